The predicted octanol–water partition coefficient (Wildman–Crippen LogP) is 4.63. The van der Waals surface area contributed by atoms with Gasteiger partial charge in [0, 0.05) is 33.8 Å². The molecule has 3 aromatic rings. The van der Waals surface area contributed by atoms with E-state index in [1.165, 1.54) is 6.08 Å². The number of nitrogens with one attached hydrogen (secondary N) is 1. The lowest BCUT2D eigenvalue weighted by atomic mass is 9.97. The summed E-state index contributed by atoms with van der Waals surface area (Å²) in [7, 11) is 0. The minimum Gasteiger partial charge on any atom is -0.507 e. The van der Waals surface area contributed by atoms with Crippen LogP contribution in [0.25, 0.3) is 17.0 Å². The van der Waals surface area contributed by atoms with E-state index >= 15 is 0 Å². The van der Waals surface area contributed by atoms with Crippen LogP contribution in [0.15, 0.2) is 65.9 Å². The number of ether oxygens (including phenoxy) is 1. The van der Waals surface area contributed by atoms with E-state index in [0.29, 0.717) is 11.1 Å². The summed E-state index contributed by atoms with van der Waals surface area (Å²) in [6.07, 6.45) is 2.25. The standard InChI is InChI=1S/C25H23NO5/c1-4-31-25(30)23(28)14-22(27)20(24(29)17-11-9-15(2)10-12-17)13-19-16(3)26-21-8-6-5-7-18(19)21/h5-14,26-27H,4H2,1-3H3/b20-13-,22-14-. The van der Waals surface area contributed by atoms with Gasteiger partial charge in [-0.15, -0.1) is 0 Å². The van der Waals surface area contributed by atoms with Crippen LogP contribution in [0.5, 0.6) is 0 Å². The van der Waals surface area contributed by atoms with Crippen molar-refractivity contribution in [1.29, 1.82) is 0 Å². The molecule has 3 rings (SSSR count). The highest BCUT2D eigenvalue weighted by Crippen LogP contribution is 2.27. The van der Waals surface area contributed by atoms with Gasteiger partial charge >= 0.3 is 5.97 Å². The van der Waals surface area contributed by atoms with Gasteiger partial charge in [0.1, 0.15) is 5.76 Å². The molecule has 2 aromatic carbocycles. The Morgan fingerprint density at radius 3 is 2.39 bits per heavy atom. The summed E-state index contributed by atoms with van der Waals surface area (Å²) in [5.41, 5.74) is 3.59. The van der Waals surface area contributed by atoms with Gasteiger partial charge in [0.15, 0.2) is 5.78 Å². The predicted molar refractivity (Wildman–Crippen MR) is 119 cm³/mol. The molecule has 0 saturated heterocycles. The molecule has 6 heteroatoms. The van der Waals surface area contributed by atoms with Gasteiger partial charge in [0.05, 0.1) is 12.2 Å². The number of aliphatic hydroxyl groups is 1. The van der Waals surface area contributed by atoms with Crippen molar-refractivity contribution in [3.05, 3.63) is 88.3 Å². The maximum Gasteiger partial charge on any atom is 0.379 e. The normalized spacial score (nSPS) is 12.1. The number of benzene rings is 2. The van der Waals surface area contributed by atoms with Crippen molar-refractivity contribution < 1.29 is 24.2 Å². The molecule has 6 nitrogen and oxygen atoms in total. The van der Waals surface area contributed by atoms with E-state index in [0.717, 1.165) is 28.2 Å². The lowest BCUT2D eigenvalue weighted by molar-refractivity contribution is -0.151. The number of carbonyl (C=O) groups excluding carboxylic acids is 3. The van der Waals surface area contributed by atoms with Crippen LogP contribution in [0.1, 0.15) is 34.1 Å². The van der Waals surface area contributed by atoms with Crippen molar-refractivity contribution in [1.82, 2.24) is 4.98 Å². The average Bonchev–Trinajstić information content (AvgIpc) is 3.07. The summed E-state index contributed by atoms with van der Waals surface area (Å²) in [6.45, 7) is 5.35. The molecular weight excluding hydrogens is 394 g/mol. The summed E-state index contributed by atoms with van der Waals surface area (Å²) >= 11 is 0. The summed E-state index contributed by atoms with van der Waals surface area (Å²) in [5.74, 6) is -3.22. The van der Waals surface area contributed by atoms with Gasteiger partial charge in [-0.2, -0.15) is 0 Å². The number of H-pyrrole nitrogens is 1. The number of aliphatic hydroxyl groups excluding tert-OH is 1. The molecular formula is C25H23NO5. The third-order valence-corrected chi connectivity index (χ3v) is 4.81. The van der Waals surface area contributed by atoms with E-state index in [2.05, 4.69) is 9.72 Å². The molecule has 0 aliphatic heterocycles. The van der Waals surface area contributed by atoms with Gasteiger partial charge in [-0.3, -0.25) is 9.59 Å². The molecule has 0 unspecified atom stereocenters. The third kappa shape index (κ3) is 4.80. The number of rotatable bonds is 7. The van der Waals surface area contributed by atoms with Crippen molar-refractivity contribution in [2.75, 3.05) is 6.61 Å². The van der Waals surface area contributed by atoms with E-state index in [9.17, 15) is 19.5 Å². The average molecular weight is 417 g/mol. The molecule has 0 fully saturated rings. The Bertz CT molecular complexity index is 1210. The number of carbonyl (C=O) groups is 3. The fourth-order valence-electron chi connectivity index (χ4n) is 3.21. The Balaban J connectivity index is 2.14. The van der Waals surface area contributed by atoms with Crippen molar-refractivity contribution >= 4 is 34.5 Å². The molecule has 158 valence electrons. The summed E-state index contributed by atoms with van der Waals surface area (Å²) in [6, 6.07) is 14.4. The Morgan fingerprint density at radius 1 is 1.03 bits per heavy atom. The first-order valence-electron chi connectivity index (χ1n) is 9.84. The second-order valence-corrected chi connectivity index (χ2v) is 7.08. The molecule has 0 saturated carbocycles. The molecule has 0 bridgehead atoms. The lowest BCUT2D eigenvalue weighted by Crippen LogP contribution is -2.16. The quantitative estimate of drug-likeness (QED) is 0.146. The van der Waals surface area contributed by atoms with Crippen LogP contribution in [-0.2, 0) is 14.3 Å². The number of allylic oxidation sites excluding steroid dienone is 1. The van der Waals surface area contributed by atoms with Crippen molar-refractivity contribution in [2.45, 2.75) is 20.8 Å². The molecule has 0 radical (unpaired) electrons. The van der Waals surface area contributed by atoms with Crippen molar-refractivity contribution in [3.8, 4) is 0 Å². The maximum atomic E-state index is 13.2. The van der Waals surface area contributed by atoms with Crippen LogP contribution in [0, 0.1) is 13.8 Å². The zero-order valence-electron chi connectivity index (χ0n) is 17.6. The minimum atomic E-state index is -1.10. The number of hydrogen-bond acceptors (Lipinski definition) is 5. The van der Waals surface area contributed by atoms with Gasteiger partial charge in [0.25, 0.3) is 5.78 Å². The van der Waals surface area contributed by atoms with E-state index in [1.807, 2.05) is 38.1 Å². The number of esters is 1. The largest absolute Gasteiger partial charge is 0.507 e. The van der Waals surface area contributed by atoms with Crippen LogP contribution in [0.2, 0.25) is 0 Å². The first-order valence-corrected chi connectivity index (χ1v) is 9.84. The molecule has 1 aromatic heterocycles. The van der Waals surface area contributed by atoms with Gasteiger partial charge < -0.3 is 14.8 Å². The highest BCUT2D eigenvalue weighted by molar-refractivity contribution is 6.38. The highest BCUT2D eigenvalue weighted by atomic mass is 16.5. The summed E-state index contributed by atoms with van der Waals surface area (Å²) in [5, 5.41) is 11.5. The minimum absolute atomic E-state index is 0.0265. The lowest BCUT2D eigenvalue weighted by Gasteiger charge is -2.08. The summed E-state index contributed by atoms with van der Waals surface area (Å²) in [4.78, 5) is 40.2. The van der Waals surface area contributed by atoms with Crippen molar-refractivity contribution in [3.63, 3.8) is 0 Å². The zero-order valence-corrected chi connectivity index (χ0v) is 17.6. The number of aromatic nitrogens is 1. The van der Waals surface area contributed by atoms with Crippen LogP contribution < -0.4 is 0 Å². The molecule has 2 N–H and O–H groups in total. The molecule has 0 aliphatic carbocycles. The number of para-hydroxylation sites is 1. The molecule has 0 amide bonds. The molecule has 31 heavy (non-hydrogen) atoms. The maximum absolute atomic E-state index is 13.2. The second kappa shape index (κ2) is 9.26. The van der Waals surface area contributed by atoms with E-state index in [4.69, 9.17) is 0 Å². The molecule has 0 atom stereocenters. The second-order valence-electron chi connectivity index (χ2n) is 7.08. The van der Waals surface area contributed by atoms with Crippen molar-refractivity contribution in [2.24, 2.45) is 0 Å². The fourth-order valence-corrected chi connectivity index (χ4v) is 3.21. The van der Waals surface area contributed by atoms with Gasteiger partial charge in [-0.05, 0) is 32.9 Å². The van der Waals surface area contributed by atoms with Gasteiger partial charge in [0.2, 0.25) is 0 Å². The van der Waals surface area contributed by atoms with Crippen LogP contribution >= 0.6 is 0 Å². The highest BCUT2D eigenvalue weighted by Gasteiger charge is 2.21. The van der Waals surface area contributed by atoms with E-state index < -0.39 is 23.3 Å². The number of fused-ring (bicyclic) bond motifs is 1. The number of aryl methyl sites for hydroxylation is 2. The first kappa shape index (κ1) is 21.8. The number of hydrogen-bond donors (Lipinski definition) is 2. The number of ketones is 2. The Labute approximate surface area is 179 Å². The van der Waals surface area contributed by atoms with Crippen LogP contribution in [0.3, 0.4) is 0 Å². The smallest absolute Gasteiger partial charge is 0.379 e. The monoisotopic (exact) mass is 417 g/mol. The van der Waals surface area contributed by atoms with E-state index in [1.54, 1.807) is 31.2 Å². The molecule has 0 spiro atoms. The Hall–Kier alpha value is -3.93. The van der Waals surface area contributed by atoms with Gasteiger partial charge in [-0.1, -0.05) is 48.0 Å². The molecule has 1 heterocycles. The number of aromatic amines is 1. The van der Waals surface area contributed by atoms with E-state index in [-0.39, 0.29) is 12.2 Å². The first-order chi connectivity index (χ1) is 14.8. The Kier molecular flexibility index (Phi) is 6.50. The fraction of sp³-hybridized carbons (Fsp3) is 0.160. The Morgan fingerprint density at radius 2 is 1.71 bits per heavy atom. The topological polar surface area (TPSA) is 96.5 Å². The third-order valence-electron chi connectivity index (χ3n) is 4.81. The number of Topliss-reactive ketones (excluding diaryl/α,β-unsaturated/α-hetero) is 1. The van der Waals surface area contributed by atoms with Crippen LogP contribution in [0.4, 0.5) is 0 Å². The van der Waals surface area contributed by atoms with Gasteiger partial charge in [-0.25, -0.2) is 4.79 Å². The molecule has 0 aliphatic rings. The summed E-state index contributed by atoms with van der Waals surface area (Å²) < 4.78 is 4.67. The zero-order chi connectivity index (χ0) is 22.5. The van der Waals surface area contributed by atoms with Crippen LogP contribution in [-0.4, -0.2) is 34.2 Å². The SMILES string of the molecule is CCOC(=O)C(=O)/C=C(O)/C(=C/c1c(C)[nH]c2ccccc12)C(=O)c1ccc(C)cc1.